The first-order valence-corrected chi connectivity index (χ1v) is 5.94. The summed E-state index contributed by atoms with van der Waals surface area (Å²) in [5, 5.41) is 9.89. The quantitative estimate of drug-likeness (QED) is 0.588. The van der Waals surface area contributed by atoms with E-state index in [1.165, 1.54) is 0 Å². The van der Waals surface area contributed by atoms with E-state index in [0.717, 1.165) is 31.2 Å². The first-order chi connectivity index (χ1) is 7.65. The maximum atomic E-state index is 11.1. The Bertz CT molecular complexity index is 327. The summed E-state index contributed by atoms with van der Waals surface area (Å²) in [5.41, 5.74) is 1.60. The number of unbranched alkanes of at least 4 members (excludes halogenated alkanes) is 2. The summed E-state index contributed by atoms with van der Waals surface area (Å²) in [6, 6.07) is 7.24. The predicted molar refractivity (Wildman–Crippen MR) is 65.5 cm³/mol. The second-order valence-corrected chi connectivity index (χ2v) is 4.19. The summed E-state index contributed by atoms with van der Waals surface area (Å²) in [4.78, 5) is 11.1. The van der Waals surface area contributed by atoms with Crippen LogP contribution < -0.4 is 0 Å². The molecule has 0 radical (unpaired) electrons. The molecule has 0 saturated carbocycles. The molecule has 2 nitrogen and oxygen atoms in total. The lowest BCUT2D eigenvalue weighted by molar-refractivity contribution is 0.101. The number of aliphatic hydroxyl groups excluding tert-OH is 1. The van der Waals surface area contributed by atoms with E-state index in [1.807, 2.05) is 12.1 Å². The van der Waals surface area contributed by atoms with E-state index < -0.39 is 6.10 Å². The Morgan fingerprint density at radius 2 is 1.88 bits per heavy atom. The average Bonchev–Trinajstić information content (AvgIpc) is 2.29. The van der Waals surface area contributed by atoms with Gasteiger partial charge in [0.1, 0.15) is 0 Å². The van der Waals surface area contributed by atoms with Crippen LogP contribution in [0.15, 0.2) is 24.3 Å². The molecule has 1 N–H and O–H groups in total. The molecule has 0 amide bonds. The zero-order valence-corrected chi connectivity index (χ0v) is 10.1. The molecule has 1 unspecified atom stereocenters. The van der Waals surface area contributed by atoms with E-state index in [0.29, 0.717) is 5.56 Å². The average molecular weight is 220 g/mol. The largest absolute Gasteiger partial charge is 0.388 e. The predicted octanol–water partition coefficient (Wildman–Crippen LogP) is 3.50. The summed E-state index contributed by atoms with van der Waals surface area (Å²) < 4.78 is 0. The van der Waals surface area contributed by atoms with Crippen LogP contribution in [0.3, 0.4) is 0 Å². The monoisotopic (exact) mass is 220 g/mol. The van der Waals surface area contributed by atoms with Gasteiger partial charge in [-0.3, -0.25) is 4.79 Å². The van der Waals surface area contributed by atoms with Crippen LogP contribution in [-0.2, 0) is 0 Å². The van der Waals surface area contributed by atoms with Crippen molar-refractivity contribution in [2.45, 2.75) is 45.6 Å². The lowest BCUT2D eigenvalue weighted by Gasteiger charge is -2.10. The zero-order chi connectivity index (χ0) is 12.0. The molecular formula is C14H20O2. The van der Waals surface area contributed by atoms with Crippen molar-refractivity contribution in [3.63, 3.8) is 0 Å². The van der Waals surface area contributed by atoms with Gasteiger partial charge in [0.15, 0.2) is 5.78 Å². The number of carbonyl (C=O) groups is 1. The summed E-state index contributed by atoms with van der Waals surface area (Å²) in [6.45, 7) is 3.70. The number of ketones is 1. The highest BCUT2D eigenvalue weighted by Crippen LogP contribution is 2.20. The molecule has 2 heteroatoms. The van der Waals surface area contributed by atoms with Crippen LogP contribution in [0.25, 0.3) is 0 Å². The van der Waals surface area contributed by atoms with Crippen molar-refractivity contribution in [3.8, 4) is 0 Å². The van der Waals surface area contributed by atoms with Gasteiger partial charge in [0, 0.05) is 5.56 Å². The van der Waals surface area contributed by atoms with Crippen LogP contribution in [0.1, 0.15) is 61.6 Å². The highest BCUT2D eigenvalue weighted by molar-refractivity contribution is 5.94. The van der Waals surface area contributed by atoms with Crippen molar-refractivity contribution < 1.29 is 9.90 Å². The minimum Gasteiger partial charge on any atom is -0.388 e. The molecule has 0 bridgehead atoms. The fourth-order valence-electron chi connectivity index (χ4n) is 1.69. The fraction of sp³-hybridized carbons (Fsp3) is 0.500. The molecule has 0 saturated heterocycles. The van der Waals surface area contributed by atoms with Crippen LogP contribution >= 0.6 is 0 Å². The lowest BCUT2D eigenvalue weighted by Crippen LogP contribution is -1.99. The third-order valence-corrected chi connectivity index (χ3v) is 2.78. The van der Waals surface area contributed by atoms with Gasteiger partial charge in [0.2, 0.25) is 0 Å². The minimum atomic E-state index is -0.396. The Morgan fingerprint density at radius 1 is 1.25 bits per heavy atom. The van der Waals surface area contributed by atoms with Gasteiger partial charge in [0.25, 0.3) is 0 Å². The van der Waals surface area contributed by atoms with E-state index in [9.17, 15) is 9.90 Å². The highest BCUT2D eigenvalue weighted by atomic mass is 16.3. The van der Waals surface area contributed by atoms with E-state index in [2.05, 4.69) is 6.92 Å². The van der Waals surface area contributed by atoms with Gasteiger partial charge in [-0.25, -0.2) is 0 Å². The van der Waals surface area contributed by atoms with Gasteiger partial charge in [-0.1, -0.05) is 50.5 Å². The Hall–Kier alpha value is -1.15. The standard InChI is InChI=1S/C14H20O2/c1-3-4-5-6-14(16)13-9-7-12(8-10-13)11(2)15/h7-10,14,16H,3-6H2,1-2H3. The molecule has 88 valence electrons. The number of rotatable bonds is 6. The van der Waals surface area contributed by atoms with Crippen LogP contribution in [0.2, 0.25) is 0 Å². The Kier molecular flexibility index (Phi) is 5.20. The van der Waals surface area contributed by atoms with E-state index >= 15 is 0 Å². The SMILES string of the molecule is CCCCCC(O)c1ccc(C(C)=O)cc1. The number of hydrogen-bond donors (Lipinski definition) is 1. The number of carbonyl (C=O) groups excluding carboxylic acids is 1. The Morgan fingerprint density at radius 3 is 2.38 bits per heavy atom. The van der Waals surface area contributed by atoms with E-state index in [4.69, 9.17) is 0 Å². The van der Waals surface area contributed by atoms with Crippen molar-refractivity contribution in [2.24, 2.45) is 0 Å². The molecule has 1 aromatic rings. The second kappa shape index (κ2) is 6.44. The second-order valence-electron chi connectivity index (χ2n) is 4.19. The third kappa shape index (κ3) is 3.78. The number of Topliss-reactive ketones (excluding diaryl/α,β-unsaturated/α-hetero) is 1. The lowest BCUT2D eigenvalue weighted by atomic mass is 10.0. The molecule has 0 aliphatic heterocycles. The number of hydrogen-bond acceptors (Lipinski definition) is 2. The molecular weight excluding hydrogens is 200 g/mol. The van der Waals surface area contributed by atoms with Crippen molar-refractivity contribution in [1.29, 1.82) is 0 Å². The topological polar surface area (TPSA) is 37.3 Å². The molecule has 0 spiro atoms. The summed E-state index contributed by atoms with van der Waals surface area (Å²) >= 11 is 0. The zero-order valence-electron chi connectivity index (χ0n) is 10.1. The normalized spacial score (nSPS) is 12.4. The molecule has 0 fully saturated rings. The summed E-state index contributed by atoms with van der Waals surface area (Å²) in [5.74, 6) is 0.0621. The Balaban J connectivity index is 2.56. The molecule has 0 aliphatic carbocycles. The smallest absolute Gasteiger partial charge is 0.159 e. The van der Waals surface area contributed by atoms with Crippen molar-refractivity contribution in [2.75, 3.05) is 0 Å². The van der Waals surface area contributed by atoms with Crippen LogP contribution in [-0.4, -0.2) is 10.9 Å². The van der Waals surface area contributed by atoms with Crippen molar-refractivity contribution in [1.82, 2.24) is 0 Å². The van der Waals surface area contributed by atoms with Gasteiger partial charge < -0.3 is 5.11 Å². The maximum absolute atomic E-state index is 11.1. The fourth-order valence-corrected chi connectivity index (χ4v) is 1.69. The molecule has 1 aromatic carbocycles. The van der Waals surface area contributed by atoms with Gasteiger partial charge >= 0.3 is 0 Å². The van der Waals surface area contributed by atoms with Crippen molar-refractivity contribution >= 4 is 5.78 Å². The molecule has 1 rings (SSSR count). The summed E-state index contributed by atoms with van der Waals surface area (Å²) in [6.07, 6.45) is 3.77. The number of benzene rings is 1. The third-order valence-electron chi connectivity index (χ3n) is 2.78. The van der Waals surface area contributed by atoms with Gasteiger partial charge in [-0.05, 0) is 18.9 Å². The van der Waals surface area contributed by atoms with Gasteiger partial charge in [0.05, 0.1) is 6.10 Å². The van der Waals surface area contributed by atoms with Crippen LogP contribution in [0, 0.1) is 0 Å². The number of aliphatic hydroxyl groups is 1. The van der Waals surface area contributed by atoms with Gasteiger partial charge in [-0.2, -0.15) is 0 Å². The van der Waals surface area contributed by atoms with Gasteiger partial charge in [-0.15, -0.1) is 0 Å². The summed E-state index contributed by atoms with van der Waals surface area (Å²) in [7, 11) is 0. The maximum Gasteiger partial charge on any atom is 0.159 e. The van der Waals surface area contributed by atoms with Crippen LogP contribution in [0.5, 0.6) is 0 Å². The highest BCUT2D eigenvalue weighted by Gasteiger charge is 2.07. The van der Waals surface area contributed by atoms with Crippen molar-refractivity contribution in [3.05, 3.63) is 35.4 Å². The molecule has 16 heavy (non-hydrogen) atoms. The molecule has 1 atom stereocenters. The van der Waals surface area contributed by atoms with Crippen LogP contribution in [0.4, 0.5) is 0 Å². The van der Waals surface area contributed by atoms with E-state index in [-0.39, 0.29) is 5.78 Å². The Labute approximate surface area is 97.3 Å². The first-order valence-electron chi connectivity index (χ1n) is 5.94. The van der Waals surface area contributed by atoms with E-state index in [1.54, 1.807) is 19.1 Å². The molecule has 0 heterocycles. The first kappa shape index (κ1) is 12.9. The molecule has 0 aliphatic rings. The minimum absolute atomic E-state index is 0.0621. The molecule has 0 aromatic heterocycles.